The number of nitrogens with zero attached hydrogens (tertiary/aromatic N) is 2. The second-order valence-corrected chi connectivity index (χ2v) is 3.40. The molecule has 0 bridgehead atoms. The van der Waals surface area contributed by atoms with Crippen LogP contribution in [-0.4, -0.2) is 32.6 Å². The Kier molecular flexibility index (Phi) is 9.40. The zero-order valence-electron chi connectivity index (χ0n) is 10.5. The van der Waals surface area contributed by atoms with Crippen molar-refractivity contribution >= 4 is 6.21 Å². The maximum Gasteiger partial charge on any atom is 0.112 e. The monoisotopic (exact) mass is 252 g/mol. The molecule has 0 aromatic rings. The zero-order valence-corrected chi connectivity index (χ0v) is 10.5. The fourth-order valence-corrected chi connectivity index (χ4v) is 1.42. The lowest BCUT2D eigenvalue weighted by molar-refractivity contribution is 0.0885. The average Bonchev–Trinajstić information content (AvgIpc) is 2.41. The zero-order chi connectivity index (χ0) is 13.8. The normalized spacial score (nSPS) is 15.3. The van der Waals surface area contributed by atoms with Crippen molar-refractivity contribution in [2.75, 3.05) is 20.3 Å². The summed E-state index contributed by atoms with van der Waals surface area (Å²) in [5, 5.41) is 3.52. The molecule has 0 heterocycles. The van der Waals surface area contributed by atoms with Crippen molar-refractivity contribution in [3.63, 3.8) is 0 Å². The Balaban J connectivity index is 4.74. The second-order valence-electron chi connectivity index (χ2n) is 3.40. The van der Waals surface area contributed by atoms with E-state index >= 15 is 0 Å². The highest BCUT2D eigenvalue weighted by Crippen LogP contribution is 2.17. The third-order valence-corrected chi connectivity index (χ3v) is 2.32. The van der Waals surface area contributed by atoms with Gasteiger partial charge in [-0.1, -0.05) is 0 Å². The SMILES string of the molecule is C#CC(CCNOC)[C@H](N=N)/C(C=NCN)=C/N. The molecule has 7 nitrogen and oxygen atoms in total. The first-order chi connectivity index (χ1) is 8.74. The van der Waals surface area contributed by atoms with Crippen LogP contribution in [0.4, 0.5) is 0 Å². The van der Waals surface area contributed by atoms with Crippen LogP contribution < -0.4 is 16.9 Å². The number of hydroxylamine groups is 1. The van der Waals surface area contributed by atoms with Gasteiger partial charge in [-0.25, -0.2) is 11.0 Å². The summed E-state index contributed by atoms with van der Waals surface area (Å²) in [5.41, 5.74) is 21.3. The van der Waals surface area contributed by atoms with Gasteiger partial charge in [0.25, 0.3) is 0 Å². The molecule has 0 saturated carbocycles. The first-order valence-electron chi connectivity index (χ1n) is 5.45. The van der Waals surface area contributed by atoms with E-state index in [0.717, 1.165) is 0 Å². The fraction of sp³-hybridized carbons (Fsp3) is 0.545. The van der Waals surface area contributed by atoms with Crippen molar-refractivity contribution in [3.05, 3.63) is 11.8 Å². The van der Waals surface area contributed by atoms with Gasteiger partial charge in [0.05, 0.1) is 13.8 Å². The predicted molar refractivity (Wildman–Crippen MR) is 70.7 cm³/mol. The Labute approximate surface area is 107 Å². The molecular weight excluding hydrogens is 232 g/mol. The Morgan fingerprint density at radius 3 is 2.83 bits per heavy atom. The van der Waals surface area contributed by atoms with Gasteiger partial charge in [0, 0.05) is 30.5 Å². The van der Waals surface area contributed by atoms with Gasteiger partial charge in [-0.3, -0.25) is 4.99 Å². The molecule has 0 rings (SSSR count). The summed E-state index contributed by atoms with van der Waals surface area (Å²) in [6, 6.07) is -0.519. The van der Waals surface area contributed by atoms with E-state index in [4.69, 9.17) is 28.3 Å². The number of hydrogen-bond donors (Lipinski definition) is 4. The number of nitrogens with two attached hydrogens (primary N) is 2. The topological polar surface area (TPSA) is 122 Å². The molecule has 0 fully saturated rings. The molecule has 0 aliphatic rings. The molecule has 0 radical (unpaired) electrons. The molecule has 100 valence electrons. The van der Waals surface area contributed by atoms with Crippen molar-refractivity contribution in [3.8, 4) is 12.3 Å². The second kappa shape index (κ2) is 10.4. The third-order valence-electron chi connectivity index (χ3n) is 2.32. The maximum atomic E-state index is 7.23. The molecule has 0 saturated heterocycles. The first kappa shape index (κ1) is 16.2. The molecule has 0 aliphatic heterocycles. The maximum absolute atomic E-state index is 7.23. The minimum atomic E-state index is -0.519. The van der Waals surface area contributed by atoms with Gasteiger partial charge in [0.2, 0.25) is 0 Å². The summed E-state index contributed by atoms with van der Waals surface area (Å²) in [4.78, 5) is 8.60. The molecule has 6 N–H and O–H groups in total. The van der Waals surface area contributed by atoms with Gasteiger partial charge in [-0.2, -0.15) is 5.11 Å². The summed E-state index contributed by atoms with van der Waals surface area (Å²) < 4.78 is 0. The number of hydrogen-bond acceptors (Lipinski definition) is 7. The molecule has 2 atom stereocenters. The summed E-state index contributed by atoms with van der Waals surface area (Å²) in [6.45, 7) is 0.706. The quantitative estimate of drug-likeness (QED) is 0.152. The van der Waals surface area contributed by atoms with Crippen LogP contribution in [0, 0.1) is 23.8 Å². The number of terminal acetylenes is 1. The van der Waals surface area contributed by atoms with Gasteiger partial charge >= 0.3 is 0 Å². The van der Waals surface area contributed by atoms with Crippen molar-refractivity contribution in [2.45, 2.75) is 12.5 Å². The summed E-state index contributed by atoms with van der Waals surface area (Å²) in [5.74, 6) is 2.34. The minimum absolute atomic E-state index is 0.147. The van der Waals surface area contributed by atoms with Crippen LogP contribution in [0.5, 0.6) is 0 Å². The van der Waals surface area contributed by atoms with Crippen LogP contribution in [0.3, 0.4) is 0 Å². The molecule has 1 unspecified atom stereocenters. The Morgan fingerprint density at radius 2 is 2.39 bits per heavy atom. The lowest BCUT2D eigenvalue weighted by Gasteiger charge is -2.18. The molecule has 0 amide bonds. The van der Waals surface area contributed by atoms with Crippen molar-refractivity contribution in [1.82, 2.24) is 5.48 Å². The van der Waals surface area contributed by atoms with E-state index in [1.807, 2.05) is 0 Å². The highest BCUT2D eigenvalue weighted by atomic mass is 16.6. The van der Waals surface area contributed by atoms with Crippen molar-refractivity contribution in [1.29, 1.82) is 5.53 Å². The van der Waals surface area contributed by atoms with E-state index in [9.17, 15) is 0 Å². The van der Waals surface area contributed by atoms with Crippen LogP contribution in [-0.2, 0) is 4.84 Å². The van der Waals surface area contributed by atoms with E-state index in [2.05, 4.69) is 21.5 Å². The van der Waals surface area contributed by atoms with E-state index in [1.165, 1.54) is 19.5 Å². The minimum Gasteiger partial charge on any atom is -0.404 e. The predicted octanol–water partition coefficient (Wildman–Crippen LogP) is 0.00607. The Morgan fingerprint density at radius 1 is 1.67 bits per heavy atom. The van der Waals surface area contributed by atoms with Crippen molar-refractivity contribution < 1.29 is 4.84 Å². The molecule has 0 aromatic heterocycles. The van der Waals surface area contributed by atoms with Gasteiger partial charge in [0.15, 0.2) is 0 Å². The van der Waals surface area contributed by atoms with E-state index in [1.54, 1.807) is 0 Å². The summed E-state index contributed by atoms with van der Waals surface area (Å²) >= 11 is 0. The highest BCUT2D eigenvalue weighted by molar-refractivity contribution is 5.80. The molecular formula is C11H20N6O. The Hall–Kier alpha value is -1.75. The fourth-order valence-electron chi connectivity index (χ4n) is 1.42. The van der Waals surface area contributed by atoms with Gasteiger partial charge in [-0.15, -0.1) is 12.3 Å². The van der Waals surface area contributed by atoms with Gasteiger partial charge < -0.3 is 16.3 Å². The summed E-state index contributed by atoms with van der Waals surface area (Å²) in [6.07, 6.45) is 8.90. The Bertz CT molecular complexity index is 333. The number of nitrogens with one attached hydrogen (secondary N) is 2. The highest BCUT2D eigenvalue weighted by Gasteiger charge is 2.21. The largest absolute Gasteiger partial charge is 0.404 e. The van der Waals surface area contributed by atoms with Crippen LogP contribution in [0.25, 0.3) is 0 Å². The average molecular weight is 252 g/mol. The smallest absolute Gasteiger partial charge is 0.112 e. The van der Waals surface area contributed by atoms with Crippen LogP contribution >= 0.6 is 0 Å². The lowest BCUT2D eigenvalue weighted by atomic mass is 9.92. The molecule has 18 heavy (non-hydrogen) atoms. The summed E-state index contributed by atoms with van der Waals surface area (Å²) in [7, 11) is 1.52. The number of rotatable bonds is 9. The van der Waals surface area contributed by atoms with Crippen LogP contribution in [0.1, 0.15) is 6.42 Å². The molecule has 0 aromatic carbocycles. The third kappa shape index (κ3) is 5.54. The number of aliphatic imine (C=N–C) groups is 1. The standard InChI is InChI=1S/C11H20N6O/c1-3-9(4-5-16-18-2)11(17-14)10(6-12)7-15-8-13/h1,6-7,9,11,14,16H,4-5,8,12-13H2,2H3/b10-6+,15-7?,17-14?/t9?,11-/m0/s1. The molecule has 0 spiro atoms. The van der Waals surface area contributed by atoms with Crippen LogP contribution in [0.15, 0.2) is 21.9 Å². The molecule has 0 aliphatic carbocycles. The van der Waals surface area contributed by atoms with E-state index < -0.39 is 6.04 Å². The van der Waals surface area contributed by atoms with E-state index in [-0.39, 0.29) is 12.6 Å². The van der Waals surface area contributed by atoms with Crippen LogP contribution in [0.2, 0.25) is 0 Å². The van der Waals surface area contributed by atoms with E-state index in [0.29, 0.717) is 18.5 Å². The lowest BCUT2D eigenvalue weighted by Crippen LogP contribution is -2.25. The molecule has 7 heteroatoms. The van der Waals surface area contributed by atoms with Gasteiger partial charge in [-0.05, 0) is 6.42 Å². The first-order valence-corrected chi connectivity index (χ1v) is 5.45. The van der Waals surface area contributed by atoms with Crippen molar-refractivity contribution in [2.24, 2.45) is 27.5 Å². The van der Waals surface area contributed by atoms with Gasteiger partial charge in [0.1, 0.15) is 6.04 Å².